The van der Waals surface area contributed by atoms with Gasteiger partial charge in [0.05, 0.1) is 12.1 Å². The molecule has 0 aliphatic rings. The van der Waals surface area contributed by atoms with Gasteiger partial charge in [0, 0.05) is 23.6 Å². The Hall–Kier alpha value is -4.17. The van der Waals surface area contributed by atoms with Gasteiger partial charge in [-0.25, -0.2) is 4.79 Å². The van der Waals surface area contributed by atoms with Gasteiger partial charge in [-0.2, -0.15) is 0 Å². The van der Waals surface area contributed by atoms with E-state index in [-0.39, 0.29) is 31.8 Å². The predicted octanol–water partition coefficient (Wildman–Crippen LogP) is -1.97. The van der Waals surface area contributed by atoms with Crippen molar-refractivity contribution in [3.63, 3.8) is 0 Å². The number of aromatic nitrogens is 1. The average molecular weight is 533 g/mol. The van der Waals surface area contributed by atoms with Crippen molar-refractivity contribution in [2.45, 2.75) is 63.4 Å². The fourth-order valence-corrected chi connectivity index (χ4v) is 3.72. The highest BCUT2D eigenvalue weighted by Gasteiger charge is 2.31. The van der Waals surface area contributed by atoms with Crippen LogP contribution in [0.4, 0.5) is 0 Å². The quantitative estimate of drug-likeness (QED) is 0.0742. The third kappa shape index (κ3) is 8.74. The smallest absolute Gasteiger partial charge is 0.326 e. The second-order valence-electron chi connectivity index (χ2n) is 8.98. The van der Waals surface area contributed by atoms with Crippen LogP contribution in [0, 0.1) is 0 Å². The molecule has 0 saturated heterocycles. The van der Waals surface area contributed by atoms with Gasteiger partial charge in [-0.3, -0.25) is 19.4 Å². The second-order valence-corrected chi connectivity index (χ2v) is 8.98. The molecule has 2 aromatic rings. The van der Waals surface area contributed by atoms with Crippen molar-refractivity contribution in [1.82, 2.24) is 20.9 Å². The standard InChI is InChI=1S/C24H36N8O6/c1-12(30-21(35)16(25)10-14-11-29-17-7-4-3-6-15(14)17)20(34)32-19(13(2)33)22(36)31-18(23(37)38)8-5-9-28-24(26)27/h3-4,6-7,11-13,16,18-19,29,33H,5,8-10,25H2,1-2H3,(H,30,35)(H,31,36)(H,32,34)(H,37,38)(H4,26,27,28). The number of carboxylic acids is 1. The number of hydrogen-bond donors (Lipinski definition) is 9. The first kappa shape index (κ1) is 30.1. The summed E-state index contributed by atoms with van der Waals surface area (Å²) in [6.07, 6.45) is 0.914. The van der Waals surface area contributed by atoms with Gasteiger partial charge >= 0.3 is 5.97 Å². The Labute approximate surface area is 219 Å². The van der Waals surface area contributed by atoms with Gasteiger partial charge < -0.3 is 48.3 Å². The summed E-state index contributed by atoms with van der Waals surface area (Å²) in [5.41, 5.74) is 18.3. The molecule has 0 fully saturated rings. The number of benzene rings is 1. The van der Waals surface area contributed by atoms with Crippen LogP contribution in [0.5, 0.6) is 0 Å². The summed E-state index contributed by atoms with van der Waals surface area (Å²) in [7, 11) is 0. The maximum absolute atomic E-state index is 12.7. The molecule has 3 amide bonds. The van der Waals surface area contributed by atoms with E-state index >= 15 is 0 Å². The number of guanidine groups is 1. The van der Waals surface area contributed by atoms with Crippen molar-refractivity contribution in [1.29, 1.82) is 0 Å². The van der Waals surface area contributed by atoms with Crippen molar-refractivity contribution < 1.29 is 29.4 Å². The van der Waals surface area contributed by atoms with E-state index in [1.165, 1.54) is 13.8 Å². The Morgan fingerprint density at radius 3 is 2.34 bits per heavy atom. The van der Waals surface area contributed by atoms with Crippen LogP contribution >= 0.6 is 0 Å². The van der Waals surface area contributed by atoms with Crippen LogP contribution in [-0.2, 0) is 25.6 Å². The molecule has 2 rings (SSSR count). The number of carbonyl (C=O) groups is 4. The lowest BCUT2D eigenvalue weighted by molar-refractivity contribution is -0.143. The SMILES string of the molecule is CC(NC(=O)C(N)Cc1c[nH]c2ccccc12)C(=O)NC(C(=O)NC(CCCN=C(N)N)C(=O)O)C(C)O. The molecule has 208 valence electrons. The Morgan fingerprint density at radius 1 is 1.03 bits per heavy atom. The molecule has 0 aliphatic heterocycles. The molecule has 5 unspecified atom stereocenters. The number of H-pyrrole nitrogens is 1. The Bertz CT molecular complexity index is 1160. The lowest BCUT2D eigenvalue weighted by Crippen LogP contribution is -2.59. The minimum atomic E-state index is -1.47. The maximum atomic E-state index is 12.7. The van der Waals surface area contributed by atoms with Gasteiger partial charge in [-0.05, 0) is 44.7 Å². The molecule has 1 heterocycles. The molecule has 1 aromatic carbocycles. The fraction of sp³-hybridized carbons (Fsp3) is 0.458. The summed E-state index contributed by atoms with van der Waals surface area (Å²) in [5, 5.41) is 27.5. The number of nitrogens with one attached hydrogen (secondary N) is 4. The third-order valence-corrected chi connectivity index (χ3v) is 5.83. The van der Waals surface area contributed by atoms with Crippen LogP contribution in [0.3, 0.4) is 0 Å². The molecule has 0 radical (unpaired) electrons. The van der Waals surface area contributed by atoms with Crippen molar-refractivity contribution in [2.24, 2.45) is 22.2 Å². The highest BCUT2D eigenvalue weighted by atomic mass is 16.4. The number of aliphatic hydroxyl groups excluding tert-OH is 1. The molecule has 0 spiro atoms. The first-order valence-corrected chi connectivity index (χ1v) is 12.1. The maximum Gasteiger partial charge on any atom is 0.326 e. The number of aliphatic imine (C=N–C) groups is 1. The van der Waals surface area contributed by atoms with E-state index in [4.69, 9.17) is 17.2 Å². The van der Waals surface area contributed by atoms with Gasteiger partial charge in [0.25, 0.3) is 0 Å². The number of hydrogen-bond acceptors (Lipinski definition) is 7. The minimum absolute atomic E-state index is 0.0130. The largest absolute Gasteiger partial charge is 0.480 e. The molecule has 0 aliphatic carbocycles. The molecule has 14 heteroatoms. The summed E-state index contributed by atoms with van der Waals surface area (Å²) >= 11 is 0. The number of para-hydroxylation sites is 1. The predicted molar refractivity (Wildman–Crippen MR) is 141 cm³/mol. The number of fused-ring (bicyclic) bond motifs is 1. The number of aromatic amines is 1. The number of carboxylic acid groups (broad SMARTS) is 1. The van der Waals surface area contributed by atoms with Crippen molar-refractivity contribution in [3.8, 4) is 0 Å². The monoisotopic (exact) mass is 532 g/mol. The van der Waals surface area contributed by atoms with Crippen molar-refractivity contribution in [2.75, 3.05) is 6.54 Å². The van der Waals surface area contributed by atoms with Crippen LogP contribution in [0.25, 0.3) is 10.9 Å². The average Bonchev–Trinajstić information content (AvgIpc) is 3.26. The van der Waals surface area contributed by atoms with Crippen LogP contribution in [0.2, 0.25) is 0 Å². The molecule has 0 bridgehead atoms. The van der Waals surface area contributed by atoms with Crippen LogP contribution in [0.1, 0.15) is 32.3 Å². The van der Waals surface area contributed by atoms with Gasteiger partial charge in [0.1, 0.15) is 18.1 Å². The Kier molecular flexibility index (Phi) is 11.0. The molecule has 12 N–H and O–H groups in total. The molecule has 14 nitrogen and oxygen atoms in total. The molecule has 5 atom stereocenters. The van der Waals surface area contributed by atoms with Gasteiger partial charge in [0.15, 0.2) is 5.96 Å². The van der Waals surface area contributed by atoms with Crippen LogP contribution in [-0.4, -0.2) is 81.7 Å². The molecule has 0 saturated carbocycles. The Morgan fingerprint density at radius 2 is 1.71 bits per heavy atom. The first-order chi connectivity index (χ1) is 17.9. The zero-order valence-electron chi connectivity index (χ0n) is 21.3. The lowest BCUT2D eigenvalue weighted by atomic mass is 10.0. The molecular weight excluding hydrogens is 496 g/mol. The number of rotatable bonds is 14. The molecular formula is C24H36N8O6. The summed E-state index contributed by atoms with van der Waals surface area (Å²) in [6.45, 7) is 2.82. The highest BCUT2D eigenvalue weighted by molar-refractivity contribution is 5.94. The number of nitrogens with two attached hydrogens (primary N) is 3. The van der Waals surface area contributed by atoms with E-state index in [1.807, 2.05) is 24.3 Å². The fourth-order valence-electron chi connectivity index (χ4n) is 3.72. The zero-order chi connectivity index (χ0) is 28.4. The van der Waals surface area contributed by atoms with E-state index < -0.39 is 54.0 Å². The molecule has 1 aromatic heterocycles. The summed E-state index contributed by atoms with van der Waals surface area (Å²) in [4.78, 5) is 56.4. The van der Waals surface area contributed by atoms with Gasteiger partial charge in [-0.15, -0.1) is 0 Å². The van der Waals surface area contributed by atoms with E-state index in [2.05, 4.69) is 25.9 Å². The van der Waals surface area contributed by atoms with E-state index in [0.29, 0.717) is 0 Å². The third-order valence-electron chi connectivity index (χ3n) is 5.83. The second kappa shape index (κ2) is 13.9. The van der Waals surface area contributed by atoms with Crippen LogP contribution in [0.15, 0.2) is 35.5 Å². The topological polar surface area (TPSA) is 251 Å². The molecule has 38 heavy (non-hydrogen) atoms. The van der Waals surface area contributed by atoms with E-state index in [0.717, 1.165) is 16.5 Å². The lowest BCUT2D eigenvalue weighted by Gasteiger charge is -2.25. The van der Waals surface area contributed by atoms with Crippen LogP contribution < -0.4 is 33.2 Å². The van der Waals surface area contributed by atoms with E-state index in [1.54, 1.807) is 6.20 Å². The highest BCUT2D eigenvalue weighted by Crippen LogP contribution is 2.18. The number of carbonyl (C=O) groups excluding carboxylic acids is 3. The summed E-state index contributed by atoms with van der Waals surface area (Å²) in [5.74, 6) is -3.69. The first-order valence-electron chi connectivity index (χ1n) is 12.1. The van der Waals surface area contributed by atoms with Gasteiger partial charge in [-0.1, -0.05) is 18.2 Å². The summed E-state index contributed by atoms with van der Waals surface area (Å²) in [6, 6.07) is 2.75. The minimum Gasteiger partial charge on any atom is -0.480 e. The number of amides is 3. The Balaban J connectivity index is 1.94. The zero-order valence-corrected chi connectivity index (χ0v) is 21.3. The number of nitrogens with zero attached hydrogens (tertiary/aromatic N) is 1. The van der Waals surface area contributed by atoms with Gasteiger partial charge in [0.2, 0.25) is 17.7 Å². The normalized spacial score (nSPS) is 14.9. The van der Waals surface area contributed by atoms with Crippen molar-refractivity contribution in [3.05, 3.63) is 36.0 Å². The summed E-state index contributed by atoms with van der Waals surface area (Å²) < 4.78 is 0. The van der Waals surface area contributed by atoms with Crippen molar-refractivity contribution >= 4 is 40.6 Å². The number of aliphatic carboxylic acids is 1. The number of aliphatic hydroxyl groups is 1. The van der Waals surface area contributed by atoms with E-state index in [9.17, 15) is 29.4 Å².